The van der Waals surface area contributed by atoms with E-state index in [4.69, 9.17) is 11.6 Å². The van der Waals surface area contributed by atoms with E-state index in [0.29, 0.717) is 0 Å². The van der Waals surface area contributed by atoms with Crippen molar-refractivity contribution >= 4 is 28.9 Å². The van der Waals surface area contributed by atoms with E-state index < -0.39 is 33.9 Å². The molecular formula is C16H14ClF3O2S. The van der Waals surface area contributed by atoms with E-state index in [1.54, 1.807) is 19.9 Å². The van der Waals surface area contributed by atoms with Gasteiger partial charge in [-0.25, -0.2) is 0 Å². The Morgan fingerprint density at radius 2 is 2.17 bits per heavy atom. The third-order valence-corrected chi connectivity index (χ3v) is 5.48. The quantitative estimate of drug-likeness (QED) is 0.776. The Balaban J connectivity index is 2.29. The fourth-order valence-electron chi connectivity index (χ4n) is 2.93. The third-order valence-electron chi connectivity index (χ3n) is 4.46. The second-order valence-corrected chi connectivity index (χ2v) is 7.17. The van der Waals surface area contributed by atoms with Crippen LogP contribution in [0.3, 0.4) is 0 Å². The summed E-state index contributed by atoms with van der Waals surface area (Å²) >= 11 is 6.74. The van der Waals surface area contributed by atoms with Crippen LogP contribution in [-0.4, -0.2) is 17.3 Å². The number of aliphatic carboxylic acids is 1. The lowest BCUT2D eigenvalue weighted by atomic mass is 9.92. The van der Waals surface area contributed by atoms with E-state index in [2.05, 4.69) is 11.8 Å². The fourth-order valence-corrected chi connectivity index (χ4v) is 3.64. The maximum Gasteiger partial charge on any atom is 0.426 e. The molecule has 0 bridgehead atoms. The minimum absolute atomic E-state index is 0.0334. The number of carboxylic acids is 1. The lowest BCUT2D eigenvalue weighted by Crippen LogP contribution is -2.21. The number of alkyl halides is 3. The summed E-state index contributed by atoms with van der Waals surface area (Å²) in [7, 11) is 0. The Bertz CT molecular complexity index is 695. The summed E-state index contributed by atoms with van der Waals surface area (Å²) in [6.07, 6.45) is -3.90. The van der Waals surface area contributed by atoms with Crippen molar-refractivity contribution in [2.24, 2.45) is 16.7 Å². The lowest BCUT2D eigenvalue weighted by Gasteiger charge is -2.11. The second-order valence-electron chi connectivity index (χ2n) is 5.98. The molecule has 2 rings (SSSR count). The van der Waals surface area contributed by atoms with Crippen molar-refractivity contribution in [3.63, 3.8) is 0 Å². The van der Waals surface area contributed by atoms with Gasteiger partial charge in [0.1, 0.15) is 5.03 Å². The second kappa shape index (κ2) is 5.88. The average molecular weight is 363 g/mol. The molecule has 0 aromatic carbocycles. The molecule has 1 aromatic heterocycles. The summed E-state index contributed by atoms with van der Waals surface area (Å²) < 4.78 is 37.8. The van der Waals surface area contributed by atoms with Crippen molar-refractivity contribution in [2.45, 2.75) is 26.4 Å². The Kier molecular flexibility index (Phi) is 4.57. The van der Waals surface area contributed by atoms with E-state index in [1.165, 1.54) is 11.3 Å². The van der Waals surface area contributed by atoms with E-state index in [9.17, 15) is 23.1 Å². The molecule has 1 N–H and O–H groups in total. The Labute approximate surface area is 141 Å². The van der Waals surface area contributed by atoms with Crippen LogP contribution in [0.15, 0.2) is 27.9 Å². The number of hydrogen-bond acceptors (Lipinski definition) is 2. The molecule has 0 aliphatic heterocycles. The maximum atomic E-state index is 12.6. The maximum absolute atomic E-state index is 12.6. The van der Waals surface area contributed by atoms with Gasteiger partial charge in [-0.2, -0.15) is 24.5 Å². The van der Waals surface area contributed by atoms with Crippen LogP contribution in [0, 0.1) is 28.6 Å². The molecule has 1 aliphatic rings. The highest BCUT2D eigenvalue weighted by Crippen LogP contribution is 2.72. The Hall–Kier alpha value is -1.45. The van der Waals surface area contributed by atoms with Crippen LogP contribution in [-0.2, 0) is 4.79 Å². The molecule has 1 heterocycles. The van der Waals surface area contributed by atoms with Gasteiger partial charge >= 0.3 is 12.1 Å². The van der Waals surface area contributed by atoms with Gasteiger partial charge in [-0.1, -0.05) is 43.4 Å². The van der Waals surface area contributed by atoms with Gasteiger partial charge in [-0.15, -0.1) is 0 Å². The van der Waals surface area contributed by atoms with Crippen LogP contribution >= 0.6 is 22.9 Å². The third kappa shape index (κ3) is 3.13. The van der Waals surface area contributed by atoms with Gasteiger partial charge in [0.05, 0.1) is 5.41 Å². The summed E-state index contributed by atoms with van der Waals surface area (Å²) in [6, 6.07) is 1.79. The Morgan fingerprint density at radius 3 is 2.65 bits per heavy atom. The molecule has 0 amide bonds. The van der Waals surface area contributed by atoms with Crippen LogP contribution in [0.4, 0.5) is 13.2 Å². The number of carboxylic acid groups (broad SMARTS) is 1. The minimum atomic E-state index is -4.67. The first-order chi connectivity index (χ1) is 10.5. The van der Waals surface area contributed by atoms with E-state index in [0.717, 1.165) is 11.6 Å². The van der Waals surface area contributed by atoms with Crippen molar-refractivity contribution in [1.29, 1.82) is 0 Å². The summed E-state index contributed by atoms with van der Waals surface area (Å²) in [4.78, 5) is 11.7. The highest BCUT2D eigenvalue weighted by Gasteiger charge is 2.74. The summed E-state index contributed by atoms with van der Waals surface area (Å²) in [5.41, 5.74) is -1.45. The zero-order valence-corrected chi connectivity index (χ0v) is 13.9. The molecule has 2 atom stereocenters. The van der Waals surface area contributed by atoms with Gasteiger partial charge in [0.2, 0.25) is 0 Å². The Morgan fingerprint density at radius 1 is 1.52 bits per heavy atom. The SMILES string of the molecule is CC1(C)[C@@H](C=C(Cl)C(F)(F)F)[C@@]1(CC#Cc1ccsc1)C(=O)O. The van der Waals surface area contributed by atoms with Crippen molar-refractivity contribution in [3.05, 3.63) is 33.5 Å². The summed E-state index contributed by atoms with van der Waals surface area (Å²) in [5, 5.41) is 11.9. The van der Waals surface area contributed by atoms with Gasteiger partial charge in [-0.3, -0.25) is 4.79 Å². The van der Waals surface area contributed by atoms with Gasteiger partial charge < -0.3 is 5.11 Å². The number of halogens is 4. The molecule has 0 saturated heterocycles. The smallest absolute Gasteiger partial charge is 0.426 e. The molecule has 0 radical (unpaired) electrons. The average Bonchev–Trinajstić information content (AvgIpc) is 2.81. The van der Waals surface area contributed by atoms with Crippen molar-refractivity contribution < 1.29 is 23.1 Å². The predicted octanol–water partition coefficient (Wildman–Crippen LogP) is 4.90. The molecule has 1 saturated carbocycles. The van der Waals surface area contributed by atoms with Crippen molar-refractivity contribution in [3.8, 4) is 11.8 Å². The van der Waals surface area contributed by atoms with Gasteiger partial charge in [0, 0.05) is 23.3 Å². The van der Waals surface area contributed by atoms with Crippen LogP contribution in [0.2, 0.25) is 0 Å². The first-order valence-electron chi connectivity index (χ1n) is 6.72. The fraction of sp³-hybridized carbons (Fsp3) is 0.438. The molecule has 2 nitrogen and oxygen atoms in total. The largest absolute Gasteiger partial charge is 0.481 e. The number of rotatable bonds is 3. The molecular weight excluding hydrogens is 349 g/mol. The zero-order chi connectivity index (χ0) is 17.5. The monoisotopic (exact) mass is 362 g/mol. The zero-order valence-electron chi connectivity index (χ0n) is 12.4. The molecule has 0 spiro atoms. The van der Waals surface area contributed by atoms with E-state index in [1.807, 2.05) is 10.8 Å². The normalized spacial score (nSPS) is 26.3. The van der Waals surface area contributed by atoms with Crippen molar-refractivity contribution in [2.75, 3.05) is 0 Å². The molecule has 1 aliphatic carbocycles. The van der Waals surface area contributed by atoms with Crippen LogP contribution in [0.1, 0.15) is 25.8 Å². The van der Waals surface area contributed by atoms with E-state index >= 15 is 0 Å². The number of allylic oxidation sites excluding steroid dienone is 2. The topological polar surface area (TPSA) is 37.3 Å². The lowest BCUT2D eigenvalue weighted by molar-refractivity contribution is -0.144. The molecule has 124 valence electrons. The summed E-state index contributed by atoms with van der Waals surface area (Å²) in [5.74, 6) is 3.65. The molecule has 23 heavy (non-hydrogen) atoms. The molecule has 7 heteroatoms. The number of hydrogen-bond donors (Lipinski definition) is 1. The van der Waals surface area contributed by atoms with Gasteiger partial charge in [0.15, 0.2) is 0 Å². The standard InChI is InChI=1S/C16H14ClF3O2S/c1-14(2)11(8-12(17)16(18,19)20)15(14,13(21)22)6-3-4-10-5-7-23-9-10/h5,7-9,11H,6H2,1-2H3,(H,21,22)/t11-,15+/m1/s1. The number of carbonyl (C=O) groups is 1. The van der Waals surface area contributed by atoms with Crippen LogP contribution in [0.5, 0.6) is 0 Å². The first-order valence-corrected chi connectivity index (χ1v) is 8.04. The molecule has 0 unspecified atom stereocenters. The van der Waals surface area contributed by atoms with Gasteiger partial charge in [-0.05, 0) is 16.9 Å². The molecule has 1 fully saturated rings. The first kappa shape index (κ1) is 17.9. The predicted molar refractivity (Wildman–Crippen MR) is 83.1 cm³/mol. The van der Waals surface area contributed by atoms with Gasteiger partial charge in [0.25, 0.3) is 0 Å². The summed E-state index contributed by atoms with van der Waals surface area (Å²) in [6.45, 7) is 3.24. The van der Waals surface area contributed by atoms with Crippen molar-refractivity contribution in [1.82, 2.24) is 0 Å². The van der Waals surface area contributed by atoms with Crippen LogP contribution < -0.4 is 0 Å². The molecule has 1 aromatic rings. The van der Waals surface area contributed by atoms with Crippen LogP contribution in [0.25, 0.3) is 0 Å². The minimum Gasteiger partial charge on any atom is -0.481 e. The highest BCUT2D eigenvalue weighted by atomic mass is 35.5. The van der Waals surface area contributed by atoms with E-state index in [-0.39, 0.29) is 6.42 Å². The highest BCUT2D eigenvalue weighted by molar-refractivity contribution is 7.08. The number of thiophene rings is 1.